The smallest absolute Gasteiger partial charge is 0.254 e. The van der Waals surface area contributed by atoms with Crippen molar-refractivity contribution in [1.82, 2.24) is 10.2 Å². The average molecular weight is 337 g/mol. The Morgan fingerprint density at radius 2 is 1.52 bits per heavy atom. The first-order valence-electron chi connectivity index (χ1n) is 8.59. The van der Waals surface area contributed by atoms with Gasteiger partial charge in [-0.3, -0.25) is 4.79 Å². The van der Waals surface area contributed by atoms with Gasteiger partial charge in [-0.05, 0) is 87.7 Å². The second-order valence-corrected chi connectivity index (χ2v) is 7.29. The third-order valence-corrected chi connectivity index (χ3v) is 5.85. The van der Waals surface area contributed by atoms with E-state index < -0.39 is 0 Å². The molecule has 1 aromatic carbocycles. The van der Waals surface area contributed by atoms with Gasteiger partial charge in [-0.1, -0.05) is 6.07 Å². The molecule has 0 saturated carbocycles. The van der Waals surface area contributed by atoms with Crippen LogP contribution in [0.25, 0.3) is 0 Å². The van der Waals surface area contributed by atoms with Gasteiger partial charge in [0.15, 0.2) is 0 Å². The van der Waals surface area contributed by atoms with Crippen LogP contribution in [0.5, 0.6) is 0 Å². The summed E-state index contributed by atoms with van der Waals surface area (Å²) in [7, 11) is 0. The van der Waals surface area contributed by atoms with Crippen molar-refractivity contribution in [3.63, 3.8) is 0 Å². The number of piperidine rings is 2. The zero-order chi connectivity index (χ0) is 15.7. The Morgan fingerprint density at radius 3 is 2.13 bits per heavy atom. The summed E-state index contributed by atoms with van der Waals surface area (Å²) >= 11 is 0. The second-order valence-electron chi connectivity index (χ2n) is 7.29. The van der Waals surface area contributed by atoms with E-state index in [2.05, 4.69) is 43.1 Å². The van der Waals surface area contributed by atoms with Crippen molar-refractivity contribution in [1.29, 1.82) is 0 Å². The van der Waals surface area contributed by atoms with Gasteiger partial charge in [0.05, 0.1) is 0 Å². The number of carbonyl (C=O) groups is 1. The molecule has 0 bridgehead atoms. The van der Waals surface area contributed by atoms with E-state index in [0.29, 0.717) is 5.41 Å². The van der Waals surface area contributed by atoms with Crippen LogP contribution in [0.4, 0.5) is 0 Å². The van der Waals surface area contributed by atoms with Gasteiger partial charge in [0.2, 0.25) is 0 Å². The molecule has 1 aromatic rings. The van der Waals surface area contributed by atoms with Crippen molar-refractivity contribution in [3.05, 3.63) is 34.4 Å². The molecule has 2 saturated heterocycles. The molecule has 1 spiro atoms. The van der Waals surface area contributed by atoms with Gasteiger partial charge in [-0.2, -0.15) is 0 Å². The van der Waals surface area contributed by atoms with E-state index in [1.807, 2.05) is 0 Å². The van der Waals surface area contributed by atoms with Crippen molar-refractivity contribution in [2.24, 2.45) is 5.41 Å². The molecule has 0 aromatic heterocycles. The van der Waals surface area contributed by atoms with Crippen LogP contribution < -0.4 is 5.32 Å². The summed E-state index contributed by atoms with van der Waals surface area (Å²) in [5, 5.41) is 3.45. The average Bonchev–Trinajstić information content (AvgIpc) is 2.52. The summed E-state index contributed by atoms with van der Waals surface area (Å²) in [5.74, 6) is 0.226. The molecule has 128 valence electrons. The van der Waals surface area contributed by atoms with Crippen LogP contribution >= 0.6 is 12.4 Å². The largest absolute Gasteiger partial charge is 0.339 e. The number of rotatable bonds is 1. The number of halogens is 1. The van der Waals surface area contributed by atoms with Crippen LogP contribution in [0.3, 0.4) is 0 Å². The van der Waals surface area contributed by atoms with Crippen LogP contribution in [-0.4, -0.2) is 37.0 Å². The summed E-state index contributed by atoms with van der Waals surface area (Å²) in [6.45, 7) is 10.4. The second kappa shape index (κ2) is 7.23. The molecule has 0 radical (unpaired) electrons. The minimum Gasteiger partial charge on any atom is -0.339 e. The van der Waals surface area contributed by atoms with Crippen molar-refractivity contribution < 1.29 is 4.79 Å². The molecule has 2 heterocycles. The molecule has 1 N–H and O–H groups in total. The van der Waals surface area contributed by atoms with Crippen LogP contribution in [-0.2, 0) is 0 Å². The molecule has 1 amide bonds. The lowest BCUT2D eigenvalue weighted by molar-refractivity contribution is 0.0495. The summed E-state index contributed by atoms with van der Waals surface area (Å²) in [6.07, 6.45) is 4.89. The molecule has 2 aliphatic rings. The maximum absolute atomic E-state index is 12.9. The lowest BCUT2D eigenvalue weighted by Gasteiger charge is -2.44. The fraction of sp³-hybridized carbons (Fsp3) is 0.632. The van der Waals surface area contributed by atoms with Crippen LogP contribution in [0.2, 0.25) is 0 Å². The topological polar surface area (TPSA) is 32.3 Å². The molecule has 3 nitrogen and oxygen atoms in total. The van der Waals surface area contributed by atoms with Gasteiger partial charge in [0.25, 0.3) is 5.91 Å². The van der Waals surface area contributed by atoms with Gasteiger partial charge in [0, 0.05) is 18.7 Å². The fourth-order valence-corrected chi connectivity index (χ4v) is 4.00. The van der Waals surface area contributed by atoms with Crippen LogP contribution in [0.15, 0.2) is 12.1 Å². The van der Waals surface area contributed by atoms with Crippen molar-refractivity contribution in [3.8, 4) is 0 Å². The number of nitrogens with one attached hydrogen (secondary N) is 1. The van der Waals surface area contributed by atoms with E-state index in [4.69, 9.17) is 0 Å². The van der Waals surface area contributed by atoms with Crippen molar-refractivity contribution in [2.75, 3.05) is 26.2 Å². The number of aryl methyl sites for hydroxylation is 3. The summed E-state index contributed by atoms with van der Waals surface area (Å²) in [4.78, 5) is 14.9. The Morgan fingerprint density at radius 1 is 0.957 bits per heavy atom. The lowest BCUT2D eigenvalue weighted by atomic mass is 9.71. The molecular weight excluding hydrogens is 308 g/mol. The van der Waals surface area contributed by atoms with Crippen LogP contribution in [0.1, 0.15) is 52.7 Å². The highest BCUT2D eigenvalue weighted by molar-refractivity contribution is 5.96. The minimum atomic E-state index is 0. The highest BCUT2D eigenvalue weighted by Crippen LogP contribution is 2.39. The molecule has 2 fully saturated rings. The van der Waals surface area contributed by atoms with Gasteiger partial charge in [-0.25, -0.2) is 0 Å². The molecular formula is C19H29ClN2O. The third kappa shape index (κ3) is 3.72. The number of benzene rings is 1. The summed E-state index contributed by atoms with van der Waals surface area (Å²) in [6, 6.07) is 4.21. The number of likely N-dealkylation sites (tertiary alicyclic amines) is 1. The number of carbonyl (C=O) groups excluding carboxylic acids is 1. The lowest BCUT2D eigenvalue weighted by Crippen LogP contribution is -2.47. The minimum absolute atomic E-state index is 0. The molecule has 2 aliphatic heterocycles. The molecule has 0 aliphatic carbocycles. The Hall–Kier alpha value is -1.06. The quantitative estimate of drug-likeness (QED) is 0.849. The molecule has 4 heteroatoms. The normalized spacial score (nSPS) is 20.2. The highest BCUT2D eigenvalue weighted by atomic mass is 35.5. The SMILES string of the molecule is Cc1cc(C)c(C(=O)N2CCC3(CCNCC3)CC2)cc1C.Cl. The zero-order valence-corrected chi connectivity index (χ0v) is 15.4. The summed E-state index contributed by atoms with van der Waals surface area (Å²) < 4.78 is 0. The standard InChI is InChI=1S/C19H28N2O.ClH/c1-14-12-16(3)17(13-15(14)2)18(22)21-10-6-19(7-11-21)4-8-20-9-5-19;/h12-13,20H,4-11H2,1-3H3;1H. The monoisotopic (exact) mass is 336 g/mol. The number of amides is 1. The zero-order valence-electron chi connectivity index (χ0n) is 14.6. The molecule has 3 rings (SSSR count). The fourth-order valence-electron chi connectivity index (χ4n) is 4.00. The highest BCUT2D eigenvalue weighted by Gasteiger charge is 2.36. The third-order valence-electron chi connectivity index (χ3n) is 5.85. The first kappa shape index (κ1) is 18.3. The molecule has 23 heavy (non-hydrogen) atoms. The van der Waals surface area contributed by atoms with E-state index in [0.717, 1.165) is 37.3 Å². The maximum Gasteiger partial charge on any atom is 0.254 e. The number of hydrogen-bond donors (Lipinski definition) is 1. The molecule has 0 unspecified atom stereocenters. The predicted molar refractivity (Wildman–Crippen MR) is 97.6 cm³/mol. The van der Waals surface area contributed by atoms with Gasteiger partial charge >= 0.3 is 0 Å². The summed E-state index contributed by atoms with van der Waals surface area (Å²) in [5.41, 5.74) is 4.97. The number of nitrogens with zero attached hydrogens (tertiary/aromatic N) is 1. The van der Waals surface area contributed by atoms with Gasteiger partial charge < -0.3 is 10.2 Å². The Balaban J connectivity index is 0.00000192. The predicted octanol–water partition coefficient (Wildman–Crippen LogP) is 3.64. The van der Waals surface area contributed by atoms with E-state index >= 15 is 0 Å². The molecule has 0 atom stereocenters. The van der Waals surface area contributed by atoms with Crippen molar-refractivity contribution >= 4 is 18.3 Å². The van der Waals surface area contributed by atoms with Crippen LogP contribution in [0, 0.1) is 26.2 Å². The Labute approximate surface area is 146 Å². The van der Waals surface area contributed by atoms with E-state index in [9.17, 15) is 4.79 Å². The van der Waals surface area contributed by atoms with Gasteiger partial charge in [0.1, 0.15) is 0 Å². The van der Waals surface area contributed by atoms with E-state index in [1.165, 1.54) is 36.8 Å². The van der Waals surface area contributed by atoms with Crippen molar-refractivity contribution in [2.45, 2.75) is 46.5 Å². The number of hydrogen-bond acceptors (Lipinski definition) is 2. The van der Waals surface area contributed by atoms with Gasteiger partial charge in [-0.15, -0.1) is 12.4 Å². The Kier molecular flexibility index (Phi) is 5.74. The first-order chi connectivity index (χ1) is 10.5. The first-order valence-corrected chi connectivity index (χ1v) is 8.59. The maximum atomic E-state index is 12.9. The van der Waals surface area contributed by atoms with E-state index in [1.54, 1.807) is 0 Å². The van der Waals surface area contributed by atoms with E-state index in [-0.39, 0.29) is 18.3 Å². The Bertz CT molecular complexity index is 569.